The summed E-state index contributed by atoms with van der Waals surface area (Å²) >= 11 is 0. The molecule has 0 spiro atoms. The fourth-order valence-corrected chi connectivity index (χ4v) is 0.831. The van der Waals surface area contributed by atoms with Gasteiger partial charge in [-0.2, -0.15) is 10.5 Å². The van der Waals surface area contributed by atoms with Crippen molar-refractivity contribution in [3.8, 4) is 12.1 Å². The Kier molecular flexibility index (Phi) is 5.92. The average molecular weight is 177 g/mol. The van der Waals surface area contributed by atoms with Crippen molar-refractivity contribution in [2.75, 3.05) is 13.1 Å². The topological polar surface area (TPSA) is 67.9 Å². The Morgan fingerprint density at radius 1 is 1.31 bits per heavy atom. The van der Waals surface area contributed by atoms with Gasteiger partial charge in [-0.3, -0.25) is 4.79 Å². The smallest absolute Gasteiger partial charge is 0.246 e. The summed E-state index contributed by atoms with van der Waals surface area (Å²) in [5.41, 5.74) is 0. The lowest BCUT2D eigenvalue weighted by Gasteiger charge is -2.17. The van der Waals surface area contributed by atoms with Crippen LogP contribution in [0.2, 0.25) is 0 Å². The molecule has 0 unspecified atom stereocenters. The first-order valence-corrected chi connectivity index (χ1v) is 3.91. The predicted octanol–water partition coefficient (Wildman–Crippen LogP) is 0.828. The van der Waals surface area contributed by atoms with Gasteiger partial charge in [0.1, 0.15) is 0 Å². The van der Waals surface area contributed by atoms with Crippen LogP contribution in [-0.2, 0) is 4.79 Å². The van der Waals surface area contributed by atoms with E-state index in [2.05, 4.69) is 6.58 Å². The average Bonchev–Trinajstić information content (AvgIpc) is 2.17. The Morgan fingerprint density at radius 2 is 1.77 bits per heavy atom. The highest BCUT2D eigenvalue weighted by molar-refractivity contribution is 5.86. The molecule has 0 aromatic rings. The lowest BCUT2D eigenvalue weighted by atomic mass is 10.3. The number of carbonyl (C=O) groups is 1. The SMILES string of the molecule is C=CC(=O)N(CCC#N)CCC#N. The van der Waals surface area contributed by atoms with Gasteiger partial charge < -0.3 is 4.90 Å². The minimum absolute atomic E-state index is 0.231. The Labute approximate surface area is 77.7 Å². The second kappa shape index (κ2) is 6.87. The van der Waals surface area contributed by atoms with Crippen molar-refractivity contribution in [3.05, 3.63) is 12.7 Å². The maximum atomic E-state index is 11.1. The summed E-state index contributed by atoms with van der Waals surface area (Å²) in [6, 6.07) is 3.88. The van der Waals surface area contributed by atoms with Gasteiger partial charge in [-0.05, 0) is 6.08 Å². The van der Waals surface area contributed by atoms with Crippen LogP contribution in [0.1, 0.15) is 12.8 Å². The molecular formula is C9H11N3O. The van der Waals surface area contributed by atoms with Crippen LogP contribution >= 0.6 is 0 Å². The van der Waals surface area contributed by atoms with Gasteiger partial charge in [0.25, 0.3) is 0 Å². The summed E-state index contributed by atoms with van der Waals surface area (Å²) in [6.07, 6.45) is 1.75. The van der Waals surface area contributed by atoms with Crippen LogP contribution in [-0.4, -0.2) is 23.9 Å². The largest absolute Gasteiger partial charge is 0.337 e. The highest BCUT2D eigenvalue weighted by Gasteiger charge is 2.08. The summed E-state index contributed by atoms with van der Waals surface area (Å²) in [4.78, 5) is 12.6. The van der Waals surface area contributed by atoms with Crippen LogP contribution in [0.4, 0.5) is 0 Å². The Bertz CT molecular complexity index is 241. The first-order valence-electron chi connectivity index (χ1n) is 3.91. The molecule has 0 saturated heterocycles. The Hall–Kier alpha value is -1.81. The fraction of sp³-hybridized carbons (Fsp3) is 0.444. The van der Waals surface area contributed by atoms with E-state index in [1.807, 2.05) is 12.1 Å². The normalized spacial score (nSPS) is 8.15. The molecule has 0 atom stereocenters. The van der Waals surface area contributed by atoms with E-state index < -0.39 is 0 Å². The van der Waals surface area contributed by atoms with Crippen LogP contribution in [0, 0.1) is 22.7 Å². The van der Waals surface area contributed by atoms with Crippen LogP contribution in [0.3, 0.4) is 0 Å². The molecule has 0 aromatic carbocycles. The minimum Gasteiger partial charge on any atom is -0.337 e. The molecule has 4 nitrogen and oxygen atoms in total. The first kappa shape index (κ1) is 11.2. The third kappa shape index (κ3) is 4.60. The summed E-state index contributed by atoms with van der Waals surface area (Å²) in [7, 11) is 0. The highest BCUT2D eigenvalue weighted by Crippen LogP contribution is 1.95. The summed E-state index contributed by atoms with van der Waals surface area (Å²) in [6.45, 7) is 4.07. The zero-order valence-electron chi connectivity index (χ0n) is 7.36. The third-order valence-corrected chi connectivity index (χ3v) is 1.47. The number of nitrogens with zero attached hydrogens (tertiary/aromatic N) is 3. The van der Waals surface area contributed by atoms with E-state index in [4.69, 9.17) is 10.5 Å². The fourth-order valence-electron chi connectivity index (χ4n) is 0.831. The van der Waals surface area contributed by atoms with Crippen molar-refractivity contribution in [3.63, 3.8) is 0 Å². The van der Waals surface area contributed by atoms with Gasteiger partial charge in [0.05, 0.1) is 25.0 Å². The maximum absolute atomic E-state index is 11.1. The molecular weight excluding hydrogens is 166 g/mol. The van der Waals surface area contributed by atoms with Crippen molar-refractivity contribution in [2.45, 2.75) is 12.8 Å². The summed E-state index contributed by atoms with van der Waals surface area (Å²) in [5, 5.41) is 16.6. The molecule has 0 fully saturated rings. The molecule has 68 valence electrons. The molecule has 0 rings (SSSR count). The van der Waals surface area contributed by atoms with Gasteiger partial charge in [0, 0.05) is 13.1 Å². The first-order chi connectivity index (χ1) is 6.26. The lowest BCUT2D eigenvalue weighted by Crippen LogP contribution is -2.31. The van der Waals surface area contributed by atoms with Crippen LogP contribution in [0.25, 0.3) is 0 Å². The summed E-state index contributed by atoms with van der Waals surface area (Å²) < 4.78 is 0. The number of hydrogen-bond acceptors (Lipinski definition) is 3. The molecule has 0 aromatic heterocycles. The van der Waals surface area contributed by atoms with Gasteiger partial charge in [0.2, 0.25) is 5.91 Å². The predicted molar refractivity (Wildman–Crippen MR) is 47.2 cm³/mol. The highest BCUT2D eigenvalue weighted by atomic mass is 16.2. The van der Waals surface area contributed by atoms with E-state index in [1.54, 1.807) is 0 Å². The van der Waals surface area contributed by atoms with Gasteiger partial charge in [0.15, 0.2) is 0 Å². The van der Waals surface area contributed by atoms with E-state index in [9.17, 15) is 4.79 Å². The summed E-state index contributed by atoms with van der Waals surface area (Å²) in [5.74, 6) is -0.231. The number of carbonyl (C=O) groups excluding carboxylic acids is 1. The molecule has 0 aliphatic carbocycles. The second-order valence-electron chi connectivity index (χ2n) is 2.35. The zero-order chi connectivity index (χ0) is 10.1. The Balaban J connectivity index is 4.04. The number of rotatable bonds is 5. The van der Waals surface area contributed by atoms with Gasteiger partial charge in [-0.25, -0.2) is 0 Å². The van der Waals surface area contributed by atoms with Gasteiger partial charge in [-0.15, -0.1) is 0 Å². The molecule has 4 heteroatoms. The molecule has 0 heterocycles. The second-order valence-corrected chi connectivity index (χ2v) is 2.35. The Morgan fingerprint density at radius 3 is 2.08 bits per heavy atom. The quantitative estimate of drug-likeness (QED) is 0.584. The third-order valence-electron chi connectivity index (χ3n) is 1.47. The molecule has 0 saturated carbocycles. The number of hydrogen-bond donors (Lipinski definition) is 0. The lowest BCUT2D eigenvalue weighted by molar-refractivity contribution is -0.125. The monoisotopic (exact) mass is 177 g/mol. The van der Waals surface area contributed by atoms with Crippen LogP contribution < -0.4 is 0 Å². The van der Waals surface area contributed by atoms with Gasteiger partial charge >= 0.3 is 0 Å². The molecule has 0 aliphatic rings. The van der Waals surface area contributed by atoms with Gasteiger partial charge in [-0.1, -0.05) is 6.58 Å². The van der Waals surface area contributed by atoms with Crippen molar-refractivity contribution in [2.24, 2.45) is 0 Å². The number of nitriles is 2. The van der Waals surface area contributed by atoms with E-state index in [1.165, 1.54) is 11.0 Å². The molecule has 0 radical (unpaired) electrons. The zero-order valence-corrected chi connectivity index (χ0v) is 7.36. The molecule has 0 N–H and O–H groups in total. The van der Waals surface area contributed by atoms with E-state index in [0.29, 0.717) is 13.1 Å². The van der Waals surface area contributed by atoms with Crippen molar-refractivity contribution in [1.82, 2.24) is 4.90 Å². The van der Waals surface area contributed by atoms with Crippen molar-refractivity contribution >= 4 is 5.91 Å². The van der Waals surface area contributed by atoms with Crippen molar-refractivity contribution in [1.29, 1.82) is 10.5 Å². The van der Waals surface area contributed by atoms with Crippen LogP contribution in [0.15, 0.2) is 12.7 Å². The van der Waals surface area contributed by atoms with E-state index in [-0.39, 0.29) is 18.7 Å². The molecule has 0 aliphatic heterocycles. The van der Waals surface area contributed by atoms with Crippen molar-refractivity contribution < 1.29 is 4.79 Å². The number of amides is 1. The molecule has 1 amide bonds. The van der Waals surface area contributed by atoms with E-state index >= 15 is 0 Å². The maximum Gasteiger partial charge on any atom is 0.246 e. The standard InChI is InChI=1S/C9H11N3O/c1-2-9(13)12(7-3-5-10)8-4-6-11/h2H,1,3-4,7-8H2. The van der Waals surface area contributed by atoms with Crippen LogP contribution in [0.5, 0.6) is 0 Å². The molecule has 13 heavy (non-hydrogen) atoms. The minimum atomic E-state index is -0.231. The van der Waals surface area contributed by atoms with E-state index in [0.717, 1.165) is 0 Å². The molecule has 0 bridgehead atoms.